The molecule has 0 saturated carbocycles. The highest BCUT2D eigenvalue weighted by molar-refractivity contribution is 5.99. The molecule has 0 fully saturated rings. The molecule has 90 valence electrons. The van der Waals surface area contributed by atoms with Crippen LogP contribution >= 0.6 is 0 Å². The van der Waals surface area contributed by atoms with E-state index in [4.69, 9.17) is 9.84 Å². The van der Waals surface area contributed by atoms with Crippen molar-refractivity contribution in [2.24, 2.45) is 0 Å². The molecule has 17 heavy (non-hydrogen) atoms. The van der Waals surface area contributed by atoms with Crippen molar-refractivity contribution < 1.29 is 19.4 Å². The van der Waals surface area contributed by atoms with Gasteiger partial charge in [-0.2, -0.15) is 0 Å². The number of carboxylic acid groups (broad SMARTS) is 1. The number of carbonyl (C=O) groups is 2. The maximum absolute atomic E-state index is 11.8. The Kier molecular flexibility index (Phi) is 3.10. The van der Waals surface area contributed by atoms with E-state index in [1.165, 1.54) is 12.0 Å². The van der Waals surface area contributed by atoms with E-state index in [1.807, 2.05) is 0 Å². The standard InChI is InChI=1S/C12H13NO4/c1-17-7-11(14)13-6-9(12(15)16)8-4-2-3-5-10(8)13/h2-5,9H,6-7H2,1H3,(H,15,16)/t9-/m1/s1. The Balaban J connectivity index is 2.34. The van der Waals surface area contributed by atoms with Crippen LogP contribution in [0.4, 0.5) is 5.69 Å². The van der Waals surface area contributed by atoms with Crippen molar-refractivity contribution in [1.82, 2.24) is 0 Å². The second-order valence-corrected chi connectivity index (χ2v) is 3.89. The number of fused-ring (bicyclic) bond motifs is 1. The third-order valence-corrected chi connectivity index (χ3v) is 2.84. The fraction of sp³-hybridized carbons (Fsp3) is 0.333. The average Bonchev–Trinajstić information content (AvgIpc) is 2.69. The topological polar surface area (TPSA) is 66.8 Å². The van der Waals surface area contributed by atoms with Gasteiger partial charge in [0.2, 0.25) is 0 Å². The molecule has 0 unspecified atom stereocenters. The number of hydrogen-bond donors (Lipinski definition) is 1. The van der Waals surface area contributed by atoms with Crippen molar-refractivity contribution >= 4 is 17.6 Å². The first kappa shape index (κ1) is 11.6. The van der Waals surface area contributed by atoms with Gasteiger partial charge in [0.15, 0.2) is 0 Å². The summed E-state index contributed by atoms with van der Waals surface area (Å²) in [7, 11) is 1.44. The van der Waals surface area contributed by atoms with E-state index < -0.39 is 11.9 Å². The zero-order chi connectivity index (χ0) is 12.4. The Morgan fingerprint density at radius 1 is 1.47 bits per heavy atom. The monoisotopic (exact) mass is 235 g/mol. The molecule has 1 aromatic rings. The Morgan fingerprint density at radius 3 is 2.82 bits per heavy atom. The van der Waals surface area contributed by atoms with E-state index in [0.717, 1.165) is 0 Å². The van der Waals surface area contributed by atoms with Gasteiger partial charge in [0.25, 0.3) is 5.91 Å². The van der Waals surface area contributed by atoms with Gasteiger partial charge in [-0.25, -0.2) is 0 Å². The summed E-state index contributed by atoms with van der Waals surface area (Å²) in [5.74, 6) is -1.78. The summed E-state index contributed by atoms with van der Waals surface area (Å²) in [6.07, 6.45) is 0. The zero-order valence-corrected chi connectivity index (χ0v) is 9.42. The average molecular weight is 235 g/mol. The molecule has 1 aromatic carbocycles. The molecule has 0 saturated heterocycles. The molecular formula is C12H13NO4. The Bertz CT molecular complexity index is 458. The van der Waals surface area contributed by atoms with Crippen molar-refractivity contribution in [1.29, 1.82) is 0 Å². The van der Waals surface area contributed by atoms with Crippen LogP contribution in [0, 0.1) is 0 Å². The van der Waals surface area contributed by atoms with Crippen LogP contribution in [0.3, 0.4) is 0 Å². The molecule has 1 N–H and O–H groups in total. The third-order valence-electron chi connectivity index (χ3n) is 2.84. The lowest BCUT2D eigenvalue weighted by atomic mass is 10.0. The largest absolute Gasteiger partial charge is 0.481 e. The van der Waals surface area contributed by atoms with E-state index in [9.17, 15) is 9.59 Å². The number of carboxylic acids is 1. The van der Waals surface area contributed by atoms with E-state index in [0.29, 0.717) is 11.3 Å². The summed E-state index contributed by atoms with van der Waals surface area (Å²) in [6, 6.07) is 7.06. The first-order chi connectivity index (χ1) is 8.15. The first-order valence-corrected chi connectivity index (χ1v) is 5.26. The van der Waals surface area contributed by atoms with Gasteiger partial charge in [-0.05, 0) is 11.6 Å². The second-order valence-electron chi connectivity index (χ2n) is 3.89. The minimum absolute atomic E-state index is 0.0410. The number of hydrogen-bond acceptors (Lipinski definition) is 3. The summed E-state index contributed by atoms with van der Waals surface area (Å²) in [6.45, 7) is 0.136. The number of para-hydroxylation sites is 1. The van der Waals surface area contributed by atoms with Gasteiger partial charge in [0.1, 0.15) is 12.5 Å². The third kappa shape index (κ3) is 2.01. The van der Waals surface area contributed by atoms with E-state index in [1.54, 1.807) is 24.3 Å². The zero-order valence-electron chi connectivity index (χ0n) is 9.42. The summed E-state index contributed by atoms with van der Waals surface area (Å²) >= 11 is 0. The van der Waals surface area contributed by atoms with Crippen molar-refractivity contribution in [3.8, 4) is 0 Å². The highest BCUT2D eigenvalue weighted by Gasteiger charge is 2.35. The SMILES string of the molecule is COCC(=O)N1C[C@@H](C(=O)O)c2ccccc21. The Hall–Kier alpha value is -1.88. The van der Waals surface area contributed by atoms with Gasteiger partial charge in [-0.3, -0.25) is 9.59 Å². The summed E-state index contributed by atoms with van der Waals surface area (Å²) < 4.78 is 4.79. The molecule has 5 heteroatoms. The molecular weight excluding hydrogens is 222 g/mol. The smallest absolute Gasteiger partial charge is 0.312 e. The van der Waals surface area contributed by atoms with E-state index in [2.05, 4.69) is 0 Å². The molecule has 1 amide bonds. The molecule has 5 nitrogen and oxygen atoms in total. The molecule has 1 aliphatic rings. The maximum atomic E-state index is 11.8. The van der Waals surface area contributed by atoms with Gasteiger partial charge in [0.05, 0.1) is 0 Å². The lowest BCUT2D eigenvalue weighted by molar-refractivity contribution is -0.138. The van der Waals surface area contributed by atoms with Crippen LogP contribution in [0.1, 0.15) is 11.5 Å². The number of methoxy groups -OCH3 is 1. The summed E-state index contributed by atoms with van der Waals surface area (Å²) in [5, 5.41) is 9.12. The van der Waals surface area contributed by atoms with Gasteiger partial charge in [0, 0.05) is 19.3 Å². The Morgan fingerprint density at radius 2 is 2.18 bits per heavy atom. The van der Waals surface area contributed by atoms with Crippen LogP contribution in [0.5, 0.6) is 0 Å². The van der Waals surface area contributed by atoms with E-state index >= 15 is 0 Å². The number of amides is 1. The normalized spacial score (nSPS) is 17.9. The van der Waals surface area contributed by atoms with Crippen molar-refractivity contribution in [3.63, 3.8) is 0 Å². The van der Waals surface area contributed by atoms with Crippen LogP contribution < -0.4 is 4.90 Å². The van der Waals surface area contributed by atoms with Crippen LogP contribution in [0.2, 0.25) is 0 Å². The molecule has 1 aliphatic heterocycles. The van der Waals surface area contributed by atoms with Crippen LogP contribution in [0.15, 0.2) is 24.3 Å². The minimum atomic E-state index is -0.912. The molecule has 1 atom stereocenters. The van der Waals surface area contributed by atoms with Crippen molar-refractivity contribution in [2.45, 2.75) is 5.92 Å². The Labute approximate surface area is 98.6 Å². The van der Waals surface area contributed by atoms with Crippen LogP contribution in [0.25, 0.3) is 0 Å². The fourth-order valence-corrected chi connectivity index (χ4v) is 2.06. The van der Waals surface area contributed by atoms with Gasteiger partial charge in [-0.15, -0.1) is 0 Å². The van der Waals surface area contributed by atoms with Gasteiger partial charge >= 0.3 is 5.97 Å². The number of aliphatic carboxylic acids is 1. The number of ether oxygens (including phenoxy) is 1. The summed E-state index contributed by atoms with van der Waals surface area (Å²) in [5.41, 5.74) is 1.35. The predicted octanol–water partition coefficient (Wildman–Crippen LogP) is 0.848. The quantitative estimate of drug-likeness (QED) is 0.843. The lowest BCUT2D eigenvalue weighted by Crippen LogP contribution is -2.33. The summed E-state index contributed by atoms with van der Waals surface area (Å²) in [4.78, 5) is 24.4. The molecule has 1 heterocycles. The molecule has 0 bridgehead atoms. The molecule has 0 aliphatic carbocycles. The number of anilines is 1. The number of carbonyl (C=O) groups excluding carboxylic acids is 1. The van der Waals surface area contributed by atoms with Gasteiger partial charge < -0.3 is 14.7 Å². The van der Waals surface area contributed by atoms with Crippen molar-refractivity contribution in [2.75, 3.05) is 25.2 Å². The predicted molar refractivity (Wildman–Crippen MR) is 61.0 cm³/mol. The molecule has 2 rings (SSSR count). The number of nitrogens with zero attached hydrogens (tertiary/aromatic N) is 1. The highest BCUT2D eigenvalue weighted by atomic mass is 16.5. The maximum Gasteiger partial charge on any atom is 0.312 e. The van der Waals surface area contributed by atoms with Crippen LogP contribution in [-0.4, -0.2) is 37.2 Å². The first-order valence-electron chi connectivity index (χ1n) is 5.26. The minimum Gasteiger partial charge on any atom is -0.481 e. The molecule has 0 aromatic heterocycles. The molecule has 0 spiro atoms. The second kappa shape index (κ2) is 4.55. The molecule has 0 radical (unpaired) electrons. The van der Waals surface area contributed by atoms with Crippen LogP contribution in [-0.2, 0) is 14.3 Å². The number of benzene rings is 1. The van der Waals surface area contributed by atoms with Crippen molar-refractivity contribution in [3.05, 3.63) is 29.8 Å². The highest BCUT2D eigenvalue weighted by Crippen LogP contribution is 2.36. The van der Waals surface area contributed by atoms with E-state index in [-0.39, 0.29) is 19.1 Å². The van der Waals surface area contributed by atoms with Gasteiger partial charge in [-0.1, -0.05) is 18.2 Å². The fourth-order valence-electron chi connectivity index (χ4n) is 2.06. The number of rotatable bonds is 3. The lowest BCUT2D eigenvalue weighted by Gasteiger charge is -2.16.